The SMILES string of the molecule is CCc1nnc(NC(=O)CN2C(=O)C(C)Oc3ccc(-c4nc(-c5ccccn5)sc4C)cc32)s1. The number of thiazole rings is 1. The highest BCUT2D eigenvalue weighted by molar-refractivity contribution is 7.15. The number of aryl methyl sites for hydroxylation is 2. The number of nitrogens with zero attached hydrogens (tertiary/aromatic N) is 5. The molecular formula is C24H22N6O3S2. The van der Waals surface area contributed by atoms with Crippen molar-refractivity contribution in [2.24, 2.45) is 0 Å². The molecule has 9 nitrogen and oxygen atoms in total. The first-order valence-electron chi connectivity index (χ1n) is 11.1. The zero-order chi connectivity index (χ0) is 24.5. The Morgan fingerprint density at radius 2 is 2.06 bits per heavy atom. The highest BCUT2D eigenvalue weighted by Crippen LogP contribution is 2.40. The second-order valence-corrected chi connectivity index (χ2v) is 10.2. The van der Waals surface area contributed by atoms with E-state index < -0.39 is 6.10 Å². The number of nitrogens with one attached hydrogen (secondary N) is 1. The van der Waals surface area contributed by atoms with Crippen molar-refractivity contribution >= 4 is 45.3 Å². The van der Waals surface area contributed by atoms with Crippen LogP contribution >= 0.6 is 22.7 Å². The van der Waals surface area contributed by atoms with E-state index in [4.69, 9.17) is 9.72 Å². The molecule has 1 aromatic carbocycles. The summed E-state index contributed by atoms with van der Waals surface area (Å²) in [5, 5.41) is 12.8. The molecule has 0 saturated carbocycles. The van der Waals surface area contributed by atoms with Gasteiger partial charge in [-0.05, 0) is 50.6 Å². The van der Waals surface area contributed by atoms with E-state index in [-0.39, 0.29) is 18.4 Å². The van der Waals surface area contributed by atoms with Crippen molar-refractivity contribution in [3.63, 3.8) is 0 Å². The van der Waals surface area contributed by atoms with Gasteiger partial charge < -0.3 is 4.74 Å². The molecule has 0 saturated heterocycles. The molecule has 5 rings (SSSR count). The number of aromatic nitrogens is 4. The minimum atomic E-state index is -0.703. The van der Waals surface area contributed by atoms with Crippen LogP contribution < -0.4 is 15.0 Å². The van der Waals surface area contributed by atoms with E-state index in [1.807, 2.05) is 50.2 Å². The zero-order valence-corrected chi connectivity index (χ0v) is 20.9. The summed E-state index contributed by atoms with van der Waals surface area (Å²) in [7, 11) is 0. The van der Waals surface area contributed by atoms with Gasteiger partial charge in [0.2, 0.25) is 11.0 Å². The predicted molar refractivity (Wildman–Crippen MR) is 136 cm³/mol. The number of carbonyl (C=O) groups is 2. The van der Waals surface area contributed by atoms with Crippen molar-refractivity contribution in [3.8, 4) is 27.7 Å². The Kier molecular flexibility index (Phi) is 6.27. The van der Waals surface area contributed by atoms with Crippen molar-refractivity contribution in [1.82, 2.24) is 20.2 Å². The summed E-state index contributed by atoms with van der Waals surface area (Å²) in [5.41, 5.74) is 2.96. The molecule has 1 atom stereocenters. The first-order chi connectivity index (χ1) is 16.9. The molecule has 4 aromatic rings. The van der Waals surface area contributed by atoms with E-state index in [1.165, 1.54) is 16.2 Å². The first kappa shape index (κ1) is 23.1. The Bertz CT molecular complexity index is 1400. The summed E-state index contributed by atoms with van der Waals surface area (Å²) in [5.74, 6) is -0.110. The van der Waals surface area contributed by atoms with Gasteiger partial charge in [-0.25, -0.2) is 4.98 Å². The molecule has 0 spiro atoms. The maximum atomic E-state index is 13.0. The van der Waals surface area contributed by atoms with Gasteiger partial charge in [-0.3, -0.25) is 24.8 Å². The van der Waals surface area contributed by atoms with Crippen molar-refractivity contribution < 1.29 is 14.3 Å². The third-order valence-electron chi connectivity index (χ3n) is 5.44. The Morgan fingerprint density at radius 1 is 1.20 bits per heavy atom. The summed E-state index contributed by atoms with van der Waals surface area (Å²) in [4.78, 5) is 37.5. The van der Waals surface area contributed by atoms with Gasteiger partial charge in [0.15, 0.2) is 6.10 Å². The molecule has 0 aliphatic carbocycles. The summed E-state index contributed by atoms with van der Waals surface area (Å²) >= 11 is 2.87. The quantitative estimate of drug-likeness (QED) is 0.414. The van der Waals surface area contributed by atoms with Gasteiger partial charge in [0, 0.05) is 16.6 Å². The van der Waals surface area contributed by atoms with Crippen LogP contribution in [-0.2, 0) is 16.0 Å². The summed E-state index contributed by atoms with van der Waals surface area (Å²) < 4.78 is 5.82. The van der Waals surface area contributed by atoms with E-state index in [1.54, 1.807) is 24.5 Å². The lowest BCUT2D eigenvalue weighted by atomic mass is 10.1. The van der Waals surface area contributed by atoms with Gasteiger partial charge in [-0.1, -0.05) is 24.3 Å². The largest absolute Gasteiger partial charge is 0.479 e. The number of ether oxygens (including phenoxy) is 1. The number of amides is 2. The number of hydrogen-bond acceptors (Lipinski definition) is 9. The number of pyridine rings is 1. The van der Waals surface area contributed by atoms with Crippen molar-refractivity contribution in [1.29, 1.82) is 0 Å². The molecule has 0 radical (unpaired) electrons. The molecular weight excluding hydrogens is 484 g/mol. The van der Waals surface area contributed by atoms with Crippen LogP contribution in [0.5, 0.6) is 5.75 Å². The summed E-state index contributed by atoms with van der Waals surface area (Å²) in [6.45, 7) is 5.48. The fourth-order valence-corrected chi connectivity index (χ4v) is 5.34. The van der Waals surface area contributed by atoms with Crippen LogP contribution in [0.2, 0.25) is 0 Å². The first-order valence-corrected chi connectivity index (χ1v) is 12.7. The van der Waals surface area contributed by atoms with E-state index >= 15 is 0 Å². The van der Waals surface area contributed by atoms with E-state index in [0.717, 1.165) is 38.3 Å². The fourth-order valence-electron chi connectivity index (χ4n) is 3.73. The monoisotopic (exact) mass is 506 g/mol. The van der Waals surface area contributed by atoms with Gasteiger partial charge in [0.1, 0.15) is 22.3 Å². The summed E-state index contributed by atoms with van der Waals surface area (Å²) in [6.07, 6.45) is 1.77. The molecule has 4 heterocycles. The zero-order valence-electron chi connectivity index (χ0n) is 19.3. The molecule has 0 fully saturated rings. The second-order valence-electron chi connectivity index (χ2n) is 7.91. The van der Waals surface area contributed by atoms with E-state index in [2.05, 4.69) is 20.5 Å². The van der Waals surface area contributed by atoms with Crippen LogP contribution in [0.3, 0.4) is 0 Å². The minimum Gasteiger partial charge on any atom is -0.479 e. The molecule has 178 valence electrons. The Balaban J connectivity index is 1.45. The standard InChI is InChI=1S/C24H22N6O3S2/c1-4-20-28-29-24(35-20)26-19(31)12-30-17-11-15(8-9-18(17)33-13(2)23(30)32)21-14(3)34-22(27-21)16-7-5-6-10-25-16/h5-11,13H,4,12H2,1-3H3,(H,26,29,31). The van der Waals surface area contributed by atoms with Crippen molar-refractivity contribution in [3.05, 3.63) is 52.5 Å². The average Bonchev–Trinajstić information content (AvgIpc) is 3.48. The number of rotatable bonds is 6. The fraction of sp³-hybridized carbons (Fsp3) is 0.250. The number of benzene rings is 1. The highest BCUT2D eigenvalue weighted by Gasteiger charge is 2.33. The van der Waals surface area contributed by atoms with Crippen LogP contribution in [-0.4, -0.2) is 44.6 Å². The molecule has 0 bridgehead atoms. The van der Waals surface area contributed by atoms with Crippen LogP contribution in [0.4, 0.5) is 10.8 Å². The third-order valence-corrected chi connectivity index (χ3v) is 7.42. The highest BCUT2D eigenvalue weighted by atomic mass is 32.1. The normalized spacial score (nSPS) is 15.0. The van der Waals surface area contributed by atoms with Crippen LogP contribution in [0.25, 0.3) is 22.0 Å². The number of anilines is 2. The predicted octanol–water partition coefficient (Wildman–Crippen LogP) is 4.35. The topological polar surface area (TPSA) is 110 Å². The number of fused-ring (bicyclic) bond motifs is 1. The van der Waals surface area contributed by atoms with Gasteiger partial charge in [0.25, 0.3) is 5.91 Å². The molecule has 3 aromatic heterocycles. The maximum absolute atomic E-state index is 13.0. The summed E-state index contributed by atoms with van der Waals surface area (Å²) in [6, 6.07) is 11.3. The molecule has 35 heavy (non-hydrogen) atoms. The van der Waals surface area contributed by atoms with E-state index in [0.29, 0.717) is 16.6 Å². The van der Waals surface area contributed by atoms with Crippen LogP contribution in [0, 0.1) is 6.92 Å². The number of hydrogen-bond donors (Lipinski definition) is 1. The molecule has 1 unspecified atom stereocenters. The molecule has 11 heteroatoms. The van der Waals surface area contributed by atoms with Crippen LogP contribution in [0.1, 0.15) is 23.7 Å². The molecule has 1 N–H and O–H groups in total. The molecule has 1 aliphatic heterocycles. The lowest BCUT2D eigenvalue weighted by Gasteiger charge is -2.32. The van der Waals surface area contributed by atoms with Gasteiger partial charge in [0.05, 0.1) is 17.1 Å². The second kappa shape index (κ2) is 9.51. The molecule has 2 amide bonds. The third kappa shape index (κ3) is 4.64. The Morgan fingerprint density at radius 3 is 2.80 bits per heavy atom. The Hall–Kier alpha value is -3.70. The van der Waals surface area contributed by atoms with Gasteiger partial charge >= 0.3 is 0 Å². The average molecular weight is 507 g/mol. The van der Waals surface area contributed by atoms with Crippen molar-refractivity contribution in [2.75, 3.05) is 16.8 Å². The number of carbonyl (C=O) groups excluding carboxylic acids is 2. The van der Waals surface area contributed by atoms with Crippen molar-refractivity contribution in [2.45, 2.75) is 33.3 Å². The van der Waals surface area contributed by atoms with Gasteiger partial charge in [-0.2, -0.15) is 0 Å². The lowest BCUT2D eigenvalue weighted by Crippen LogP contribution is -2.47. The smallest absolute Gasteiger partial charge is 0.268 e. The van der Waals surface area contributed by atoms with Crippen LogP contribution in [0.15, 0.2) is 42.6 Å². The lowest BCUT2D eigenvalue weighted by molar-refractivity contribution is -0.127. The maximum Gasteiger partial charge on any atom is 0.268 e. The molecule has 1 aliphatic rings. The minimum absolute atomic E-state index is 0.167. The Labute approximate surface area is 209 Å². The van der Waals surface area contributed by atoms with Gasteiger partial charge in [-0.15, -0.1) is 21.5 Å². The van der Waals surface area contributed by atoms with E-state index in [9.17, 15) is 9.59 Å².